The number of carbonyl (C=O) groups excluding carboxylic acids is 2. The number of benzene rings is 1. The first-order chi connectivity index (χ1) is 15.0. The number of carbonyl (C=O) groups is 2. The predicted molar refractivity (Wildman–Crippen MR) is 121 cm³/mol. The number of nitrogens with zero attached hydrogens (tertiary/aromatic N) is 2. The van der Waals surface area contributed by atoms with Crippen LogP contribution in [0.3, 0.4) is 0 Å². The van der Waals surface area contributed by atoms with E-state index in [1.165, 1.54) is 16.7 Å². The number of imide groups is 1. The molecule has 7 heteroatoms. The van der Waals surface area contributed by atoms with Gasteiger partial charge in [-0.3, -0.25) is 19.4 Å². The molecule has 1 saturated heterocycles. The summed E-state index contributed by atoms with van der Waals surface area (Å²) in [5.74, 6) is 0.897. The molecule has 31 heavy (non-hydrogen) atoms. The Morgan fingerprint density at radius 1 is 1.00 bits per heavy atom. The summed E-state index contributed by atoms with van der Waals surface area (Å²) in [4.78, 5) is 30.8. The lowest BCUT2D eigenvalue weighted by molar-refractivity contribution is -0.136. The third-order valence-corrected chi connectivity index (χ3v) is 6.92. The Kier molecular flexibility index (Phi) is 6.95. The lowest BCUT2D eigenvalue weighted by Crippen LogP contribution is -2.39. The SMILES string of the molecule is Cc1ccc(C2=C(SCc3ccco3)C(=O)N(CCCN3CCOCC3)C2=O)cc1C. The van der Waals surface area contributed by atoms with Crippen molar-refractivity contribution in [2.75, 3.05) is 39.4 Å². The average molecular weight is 441 g/mol. The lowest BCUT2D eigenvalue weighted by Gasteiger charge is -2.27. The molecule has 1 aromatic heterocycles. The van der Waals surface area contributed by atoms with Crippen molar-refractivity contribution in [3.63, 3.8) is 0 Å². The molecule has 0 N–H and O–H groups in total. The van der Waals surface area contributed by atoms with E-state index in [9.17, 15) is 9.59 Å². The van der Waals surface area contributed by atoms with Crippen LogP contribution in [0.4, 0.5) is 0 Å². The van der Waals surface area contributed by atoms with Crippen molar-refractivity contribution in [3.05, 3.63) is 64.0 Å². The maximum Gasteiger partial charge on any atom is 0.267 e. The molecule has 1 aromatic carbocycles. The van der Waals surface area contributed by atoms with Crippen LogP contribution in [-0.4, -0.2) is 61.0 Å². The topological polar surface area (TPSA) is 63.0 Å². The average Bonchev–Trinajstić information content (AvgIpc) is 3.37. The maximum absolute atomic E-state index is 13.3. The molecule has 6 nitrogen and oxygen atoms in total. The normalized spacial score (nSPS) is 17.8. The molecular formula is C24H28N2O4S. The number of furan rings is 1. The highest BCUT2D eigenvalue weighted by Gasteiger charge is 2.39. The lowest BCUT2D eigenvalue weighted by atomic mass is 10.0. The van der Waals surface area contributed by atoms with E-state index in [1.807, 2.05) is 44.2 Å². The molecule has 0 aliphatic carbocycles. The van der Waals surface area contributed by atoms with Crippen LogP contribution in [0.15, 0.2) is 45.9 Å². The summed E-state index contributed by atoms with van der Waals surface area (Å²) in [5, 5.41) is 0. The third-order valence-electron chi connectivity index (χ3n) is 5.82. The number of amides is 2. The smallest absolute Gasteiger partial charge is 0.267 e. The van der Waals surface area contributed by atoms with Crippen molar-refractivity contribution in [2.45, 2.75) is 26.0 Å². The van der Waals surface area contributed by atoms with Crippen molar-refractivity contribution >= 4 is 29.1 Å². The number of aryl methyl sites for hydroxylation is 2. The number of ether oxygens (including phenoxy) is 1. The molecule has 3 heterocycles. The van der Waals surface area contributed by atoms with E-state index in [0.717, 1.165) is 61.7 Å². The van der Waals surface area contributed by atoms with Gasteiger partial charge in [0.25, 0.3) is 11.8 Å². The second-order valence-corrected chi connectivity index (χ2v) is 8.93. The van der Waals surface area contributed by atoms with Crippen LogP contribution < -0.4 is 0 Å². The summed E-state index contributed by atoms with van der Waals surface area (Å²) in [6.07, 6.45) is 2.38. The summed E-state index contributed by atoms with van der Waals surface area (Å²) in [6.45, 7) is 8.64. The van der Waals surface area contributed by atoms with Gasteiger partial charge in [-0.25, -0.2) is 0 Å². The molecule has 0 bridgehead atoms. The van der Waals surface area contributed by atoms with Crippen LogP contribution in [0.5, 0.6) is 0 Å². The van der Waals surface area contributed by atoms with E-state index >= 15 is 0 Å². The van der Waals surface area contributed by atoms with Crippen molar-refractivity contribution in [2.24, 2.45) is 0 Å². The minimum Gasteiger partial charge on any atom is -0.468 e. The second-order valence-electron chi connectivity index (χ2n) is 7.94. The number of morpholine rings is 1. The molecule has 0 atom stereocenters. The monoisotopic (exact) mass is 440 g/mol. The Bertz CT molecular complexity index is 977. The van der Waals surface area contributed by atoms with Gasteiger partial charge < -0.3 is 9.15 Å². The molecule has 2 aliphatic heterocycles. The Morgan fingerprint density at radius 2 is 1.81 bits per heavy atom. The van der Waals surface area contributed by atoms with Gasteiger partial charge in [-0.05, 0) is 49.1 Å². The molecule has 4 rings (SSSR count). The van der Waals surface area contributed by atoms with E-state index < -0.39 is 0 Å². The van der Waals surface area contributed by atoms with Crippen LogP contribution in [0.2, 0.25) is 0 Å². The first kappa shape index (κ1) is 21.9. The Balaban J connectivity index is 1.53. The Morgan fingerprint density at radius 3 is 2.52 bits per heavy atom. The van der Waals surface area contributed by atoms with E-state index in [2.05, 4.69) is 4.90 Å². The first-order valence-electron chi connectivity index (χ1n) is 10.7. The minimum atomic E-state index is -0.197. The molecule has 1 fully saturated rings. The van der Waals surface area contributed by atoms with Crippen LogP contribution in [0, 0.1) is 13.8 Å². The number of hydrogen-bond donors (Lipinski definition) is 0. The van der Waals surface area contributed by atoms with Gasteiger partial charge in [0, 0.05) is 26.2 Å². The van der Waals surface area contributed by atoms with Gasteiger partial charge in [0.15, 0.2) is 0 Å². The van der Waals surface area contributed by atoms with Gasteiger partial charge in [-0.15, -0.1) is 11.8 Å². The molecule has 0 unspecified atom stereocenters. The van der Waals surface area contributed by atoms with E-state index in [4.69, 9.17) is 9.15 Å². The molecule has 0 saturated carbocycles. The highest BCUT2D eigenvalue weighted by Crippen LogP contribution is 2.38. The van der Waals surface area contributed by atoms with Crippen molar-refractivity contribution in [1.82, 2.24) is 9.80 Å². The zero-order valence-electron chi connectivity index (χ0n) is 18.1. The zero-order chi connectivity index (χ0) is 21.8. The number of hydrogen-bond acceptors (Lipinski definition) is 6. The standard InChI is InChI=1S/C24H28N2O4S/c1-17-6-7-19(15-18(17)2)21-22(31-16-20-5-3-12-30-20)24(28)26(23(21)27)9-4-8-25-10-13-29-14-11-25/h3,5-7,12,15H,4,8-11,13-14,16H2,1-2H3. The second kappa shape index (κ2) is 9.85. The quantitative estimate of drug-likeness (QED) is 0.584. The molecular weight excluding hydrogens is 412 g/mol. The van der Waals surface area contributed by atoms with Crippen molar-refractivity contribution in [1.29, 1.82) is 0 Å². The fourth-order valence-electron chi connectivity index (χ4n) is 3.86. The van der Waals surface area contributed by atoms with E-state index in [1.54, 1.807) is 6.26 Å². The fraction of sp³-hybridized carbons (Fsp3) is 0.417. The van der Waals surface area contributed by atoms with Crippen LogP contribution in [0.1, 0.15) is 28.9 Å². The van der Waals surface area contributed by atoms with Gasteiger partial charge in [0.1, 0.15) is 5.76 Å². The van der Waals surface area contributed by atoms with Gasteiger partial charge >= 0.3 is 0 Å². The van der Waals surface area contributed by atoms with Gasteiger partial charge in [0.05, 0.1) is 35.7 Å². The zero-order valence-corrected chi connectivity index (χ0v) is 18.9. The first-order valence-corrected chi connectivity index (χ1v) is 11.7. The van der Waals surface area contributed by atoms with Crippen LogP contribution in [-0.2, 0) is 20.1 Å². The summed E-state index contributed by atoms with van der Waals surface area (Å²) < 4.78 is 10.8. The van der Waals surface area contributed by atoms with Crippen LogP contribution >= 0.6 is 11.8 Å². The number of rotatable bonds is 8. The van der Waals surface area contributed by atoms with Crippen molar-refractivity contribution < 1.29 is 18.7 Å². The molecule has 2 amide bonds. The molecule has 2 aromatic rings. The summed E-state index contributed by atoms with van der Waals surface area (Å²) in [5.41, 5.74) is 3.58. The summed E-state index contributed by atoms with van der Waals surface area (Å²) in [7, 11) is 0. The Labute approximate surface area is 187 Å². The summed E-state index contributed by atoms with van der Waals surface area (Å²) in [6, 6.07) is 9.65. The van der Waals surface area contributed by atoms with Crippen LogP contribution in [0.25, 0.3) is 5.57 Å². The fourth-order valence-corrected chi connectivity index (χ4v) is 4.89. The molecule has 0 spiro atoms. The van der Waals surface area contributed by atoms with Gasteiger partial charge in [-0.2, -0.15) is 0 Å². The third kappa shape index (κ3) is 4.95. The highest BCUT2D eigenvalue weighted by atomic mass is 32.2. The Hall–Kier alpha value is -2.35. The molecule has 2 aliphatic rings. The van der Waals surface area contributed by atoms with E-state index in [0.29, 0.717) is 22.8 Å². The number of thioether (sulfide) groups is 1. The predicted octanol–water partition coefficient (Wildman–Crippen LogP) is 3.63. The highest BCUT2D eigenvalue weighted by molar-refractivity contribution is 8.03. The largest absolute Gasteiger partial charge is 0.468 e. The maximum atomic E-state index is 13.3. The summed E-state index contributed by atoms with van der Waals surface area (Å²) >= 11 is 1.38. The minimum absolute atomic E-state index is 0.197. The van der Waals surface area contributed by atoms with Crippen molar-refractivity contribution in [3.8, 4) is 0 Å². The molecule has 164 valence electrons. The van der Waals surface area contributed by atoms with Gasteiger partial charge in [-0.1, -0.05) is 18.2 Å². The van der Waals surface area contributed by atoms with E-state index in [-0.39, 0.29) is 11.8 Å². The van der Waals surface area contributed by atoms with Gasteiger partial charge in [0.2, 0.25) is 0 Å². The molecule has 0 radical (unpaired) electrons.